The number of nitrogens with zero attached hydrogens (tertiary/aromatic N) is 2. The lowest BCUT2D eigenvalue weighted by atomic mass is 9.84. The average molecular weight is 426 g/mol. The van der Waals surface area contributed by atoms with Crippen molar-refractivity contribution in [2.24, 2.45) is 0 Å². The van der Waals surface area contributed by atoms with Crippen LogP contribution in [0.15, 0.2) is 24.3 Å². The highest BCUT2D eigenvalue weighted by molar-refractivity contribution is 6.30. The summed E-state index contributed by atoms with van der Waals surface area (Å²) < 4.78 is 17.8. The fourth-order valence-electron chi connectivity index (χ4n) is 3.76. The molecule has 7 heteroatoms. The fraction of sp³-hybridized carbons (Fsp3) is 0.458. The first-order valence-electron chi connectivity index (χ1n) is 10.5. The Morgan fingerprint density at radius 3 is 2.45 bits per heavy atom. The predicted molar refractivity (Wildman–Crippen MR) is 120 cm³/mol. The molecule has 0 aliphatic heterocycles. The number of nitrogens with one attached hydrogen (secondary N) is 1. The molecule has 1 N–H and O–H groups in total. The van der Waals surface area contributed by atoms with Gasteiger partial charge in [-0.05, 0) is 30.4 Å². The molecule has 0 saturated carbocycles. The van der Waals surface area contributed by atoms with E-state index in [2.05, 4.69) is 42.7 Å². The van der Waals surface area contributed by atoms with E-state index >= 15 is 0 Å². The summed E-state index contributed by atoms with van der Waals surface area (Å²) in [6.07, 6.45) is -1.25. The van der Waals surface area contributed by atoms with E-state index in [1.165, 1.54) is 12.7 Å². The van der Waals surface area contributed by atoms with Gasteiger partial charge in [0.1, 0.15) is 5.69 Å². The smallest absolute Gasteiger partial charge is 0.452 e. The Labute approximate surface area is 183 Å². The van der Waals surface area contributed by atoms with E-state index in [0.717, 1.165) is 22.5 Å². The summed E-state index contributed by atoms with van der Waals surface area (Å²) >= 11 is 0. The van der Waals surface area contributed by atoms with Crippen LogP contribution in [0.4, 0.5) is 4.79 Å². The van der Waals surface area contributed by atoms with Crippen LogP contribution in [-0.2, 0) is 32.6 Å². The molecule has 0 bridgehead atoms. The number of hydrogen-bond donors (Lipinski definition) is 1. The maximum atomic E-state index is 11.6. The Balaban J connectivity index is 2.16. The van der Waals surface area contributed by atoms with Gasteiger partial charge >= 0.3 is 6.16 Å². The second-order valence-corrected chi connectivity index (χ2v) is 8.67. The number of carbonyl (C=O) groups is 1. The minimum atomic E-state index is -0.898. The highest BCUT2D eigenvalue weighted by Crippen LogP contribution is 2.38. The predicted octanol–water partition coefficient (Wildman–Crippen LogP) is 5.10. The molecule has 1 aliphatic rings. The van der Waals surface area contributed by atoms with Crippen LogP contribution in [-0.4, -0.2) is 35.0 Å². The largest absolute Gasteiger partial charge is 0.511 e. The minimum absolute atomic E-state index is 0.0281. The first kappa shape index (κ1) is 22.6. The van der Waals surface area contributed by atoms with Crippen molar-refractivity contribution in [3.63, 3.8) is 0 Å². The lowest BCUT2D eigenvalue weighted by Crippen LogP contribution is -2.23. The van der Waals surface area contributed by atoms with E-state index in [4.69, 9.17) is 14.9 Å². The summed E-state index contributed by atoms with van der Waals surface area (Å²) in [5.41, 5.74) is 5.89. The fourth-order valence-corrected chi connectivity index (χ4v) is 3.76. The number of fused-ring (bicyclic) bond motifs is 1. The second-order valence-electron chi connectivity index (χ2n) is 8.67. The van der Waals surface area contributed by atoms with Gasteiger partial charge < -0.3 is 19.6 Å². The van der Waals surface area contributed by atoms with Crippen LogP contribution in [0.1, 0.15) is 62.7 Å². The molecule has 1 aromatic carbocycles. The van der Waals surface area contributed by atoms with Crippen LogP contribution in [0, 0.1) is 12.3 Å². The van der Waals surface area contributed by atoms with Crippen molar-refractivity contribution in [3.05, 3.63) is 52.3 Å². The van der Waals surface area contributed by atoms with Gasteiger partial charge in [-0.25, -0.2) is 4.79 Å². The Hall–Kier alpha value is -3.09. The monoisotopic (exact) mass is 425 g/mol. The number of ether oxygens (including phenoxy) is 3. The first-order chi connectivity index (χ1) is 14.6. The van der Waals surface area contributed by atoms with Crippen molar-refractivity contribution in [2.45, 2.75) is 66.2 Å². The van der Waals surface area contributed by atoms with Gasteiger partial charge in [-0.1, -0.05) is 45.0 Å². The van der Waals surface area contributed by atoms with Gasteiger partial charge in [-0.3, -0.25) is 4.68 Å². The summed E-state index contributed by atoms with van der Waals surface area (Å²) in [5.74, 6) is 0.494. The molecule has 31 heavy (non-hydrogen) atoms. The number of allylic oxidation sites excluding steroid dienone is 1. The standard InChI is InChI=1S/C24H31N3O4/c1-8-27-21-18(14(2)26-27)13-19(25)20(22(21)30-15(3)31-23(28)29-7)16-9-11-17(12-10-16)24(4,5)6/h9-12,15,25H,8,13H2,1-7H3. The van der Waals surface area contributed by atoms with Crippen LogP contribution in [0.5, 0.6) is 0 Å². The molecule has 0 fully saturated rings. The van der Waals surface area contributed by atoms with Crippen molar-refractivity contribution >= 4 is 23.2 Å². The molecule has 0 amide bonds. The van der Waals surface area contributed by atoms with Gasteiger partial charge in [0.05, 0.1) is 12.8 Å². The van der Waals surface area contributed by atoms with Crippen LogP contribution in [0.2, 0.25) is 0 Å². The summed E-state index contributed by atoms with van der Waals surface area (Å²) in [6.45, 7) is 12.7. The van der Waals surface area contributed by atoms with Crippen molar-refractivity contribution in [1.29, 1.82) is 5.41 Å². The van der Waals surface area contributed by atoms with E-state index in [9.17, 15) is 4.79 Å². The zero-order valence-corrected chi connectivity index (χ0v) is 19.3. The number of benzene rings is 1. The Morgan fingerprint density at radius 1 is 1.26 bits per heavy atom. The van der Waals surface area contributed by atoms with Gasteiger partial charge in [-0.2, -0.15) is 5.10 Å². The second kappa shape index (κ2) is 8.57. The molecule has 1 atom stereocenters. The van der Waals surface area contributed by atoms with E-state index in [1.54, 1.807) is 6.92 Å². The van der Waals surface area contributed by atoms with Gasteiger partial charge in [-0.15, -0.1) is 0 Å². The summed E-state index contributed by atoms with van der Waals surface area (Å²) in [7, 11) is 1.25. The van der Waals surface area contributed by atoms with E-state index in [-0.39, 0.29) is 5.41 Å². The Kier molecular flexibility index (Phi) is 6.25. The van der Waals surface area contributed by atoms with E-state index in [1.807, 2.05) is 30.7 Å². The number of rotatable bonds is 5. The highest BCUT2D eigenvalue weighted by atomic mass is 16.8. The van der Waals surface area contributed by atoms with E-state index < -0.39 is 12.4 Å². The number of carbonyl (C=O) groups excluding carboxylic acids is 1. The van der Waals surface area contributed by atoms with Crippen LogP contribution in [0.3, 0.4) is 0 Å². The molecule has 2 aromatic rings. The molecule has 0 saturated heterocycles. The van der Waals surface area contributed by atoms with Crippen LogP contribution >= 0.6 is 0 Å². The first-order valence-corrected chi connectivity index (χ1v) is 10.5. The quantitative estimate of drug-likeness (QED) is 0.532. The van der Waals surface area contributed by atoms with Crippen LogP contribution in [0.25, 0.3) is 11.3 Å². The van der Waals surface area contributed by atoms with Gasteiger partial charge in [0.2, 0.25) is 6.29 Å². The van der Waals surface area contributed by atoms with E-state index in [0.29, 0.717) is 30.0 Å². The summed E-state index contributed by atoms with van der Waals surface area (Å²) in [6, 6.07) is 8.20. The third-order valence-corrected chi connectivity index (χ3v) is 5.40. The number of aromatic nitrogens is 2. The van der Waals surface area contributed by atoms with Crippen molar-refractivity contribution in [2.75, 3.05) is 7.11 Å². The van der Waals surface area contributed by atoms with Gasteiger partial charge in [0.25, 0.3) is 0 Å². The number of methoxy groups -OCH3 is 1. The molecule has 1 heterocycles. The molecule has 7 nitrogen and oxygen atoms in total. The van der Waals surface area contributed by atoms with Crippen molar-refractivity contribution < 1.29 is 19.0 Å². The highest BCUT2D eigenvalue weighted by Gasteiger charge is 2.32. The zero-order valence-electron chi connectivity index (χ0n) is 19.3. The molecule has 0 spiro atoms. The van der Waals surface area contributed by atoms with Crippen LogP contribution < -0.4 is 0 Å². The maximum absolute atomic E-state index is 11.6. The molecule has 0 radical (unpaired) electrons. The molecule has 1 aliphatic carbocycles. The average Bonchev–Trinajstić information content (AvgIpc) is 3.03. The van der Waals surface area contributed by atoms with Crippen molar-refractivity contribution in [1.82, 2.24) is 9.78 Å². The molecular weight excluding hydrogens is 394 g/mol. The number of aryl methyl sites for hydroxylation is 2. The molecule has 1 unspecified atom stereocenters. The van der Waals surface area contributed by atoms with Gasteiger partial charge in [0, 0.05) is 36.7 Å². The minimum Gasteiger partial charge on any atom is -0.452 e. The molecule has 3 rings (SSSR count). The van der Waals surface area contributed by atoms with Gasteiger partial charge in [0.15, 0.2) is 5.76 Å². The normalized spacial score (nSPS) is 14.9. The molecular formula is C24H31N3O4. The topological polar surface area (TPSA) is 86.4 Å². The SMILES string of the molecule is CCn1nc(C)c2c1C(OC(C)OC(=O)OC)=C(c1ccc(C(C)(C)C)cc1)C(=N)C2. The Bertz CT molecular complexity index is 1030. The molecule has 1 aromatic heterocycles. The lowest BCUT2D eigenvalue weighted by molar-refractivity contribution is -0.0620. The summed E-state index contributed by atoms with van der Waals surface area (Å²) in [5, 5.41) is 13.4. The third-order valence-electron chi connectivity index (χ3n) is 5.40. The number of hydrogen-bond acceptors (Lipinski definition) is 6. The molecule has 166 valence electrons. The zero-order chi connectivity index (χ0) is 22.9. The Morgan fingerprint density at radius 2 is 1.90 bits per heavy atom. The van der Waals surface area contributed by atoms with Crippen molar-refractivity contribution in [3.8, 4) is 0 Å². The maximum Gasteiger partial charge on any atom is 0.511 e. The summed E-state index contributed by atoms with van der Waals surface area (Å²) in [4.78, 5) is 11.6. The third kappa shape index (κ3) is 4.50. The lowest BCUT2D eigenvalue weighted by Gasteiger charge is -2.26.